The van der Waals surface area contributed by atoms with Crippen molar-refractivity contribution in [2.45, 2.75) is 12.5 Å². The lowest BCUT2D eigenvalue weighted by atomic mass is 9.93. The van der Waals surface area contributed by atoms with Crippen LogP contribution in [0.4, 0.5) is 10.1 Å². The van der Waals surface area contributed by atoms with E-state index in [2.05, 4.69) is 9.80 Å². The molecule has 1 aromatic carbocycles. The minimum atomic E-state index is -0.174. The molecule has 2 heterocycles. The predicted molar refractivity (Wildman–Crippen MR) is 84.8 cm³/mol. The number of piperidine rings is 1. The normalized spacial score (nSPS) is 26.5. The Morgan fingerprint density at radius 2 is 2.23 bits per heavy atom. The van der Waals surface area contributed by atoms with Crippen molar-refractivity contribution in [3.05, 3.63) is 30.1 Å². The summed E-state index contributed by atoms with van der Waals surface area (Å²) in [5, 5.41) is 0. The molecule has 4 nitrogen and oxygen atoms in total. The van der Waals surface area contributed by atoms with Gasteiger partial charge >= 0.3 is 0 Å². The zero-order chi connectivity index (χ0) is 15.4. The summed E-state index contributed by atoms with van der Waals surface area (Å²) in [6.45, 7) is 6.37. The van der Waals surface area contributed by atoms with E-state index < -0.39 is 0 Å². The third kappa shape index (κ3) is 3.77. The zero-order valence-corrected chi connectivity index (χ0v) is 13.2. The summed E-state index contributed by atoms with van der Waals surface area (Å²) >= 11 is 0. The number of ether oxygens (including phenoxy) is 2. The van der Waals surface area contributed by atoms with Gasteiger partial charge in [-0.3, -0.25) is 4.90 Å². The second kappa shape index (κ2) is 7.40. The lowest BCUT2D eigenvalue weighted by Crippen LogP contribution is -2.47. The first-order valence-corrected chi connectivity index (χ1v) is 8.09. The Kier molecular flexibility index (Phi) is 5.28. The number of benzene rings is 1. The first-order chi connectivity index (χ1) is 10.8. The summed E-state index contributed by atoms with van der Waals surface area (Å²) in [6.07, 6.45) is 1.33. The van der Waals surface area contributed by atoms with Gasteiger partial charge in [0.05, 0.1) is 19.3 Å². The van der Waals surface area contributed by atoms with Crippen LogP contribution >= 0.6 is 0 Å². The first-order valence-electron chi connectivity index (χ1n) is 8.09. The molecule has 0 spiro atoms. The average Bonchev–Trinajstić information content (AvgIpc) is 2.74. The lowest BCUT2D eigenvalue weighted by molar-refractivity contribution is 0.0253. The predicted octanol–water partition coefficient (Wildman–Crippen LogP) is 2.00. The molecule has 2 aliphatic heterocycles. The van der Waals surface area contributed by atoms with Crippen molar-refractivity contribution >= 4 is 5.69 Å². The van der Waals surface area contributed by atoms with E-state index in [1.54, 1.807) is 19.2 Å². The molecule has 0 N–H and O–H groups in total. The maximum absolute atomic E-state index is 13.4. The standard InChI is InChI=1S/C17H25FN2O2/c1-21-9-7-19-8-10-22-17-13-20(6-5-14(17)12-19)16-4-2-3-15(18)11-16/h2-4,11,14,17H,5-10,12-13H2,1H3/t14-,17-/m0/s1. The number of hydrogen-bond donors (Lipinski definition) is 0. The van der Waals surface area contributed by atoms with E-state index in [1.165, 1.54) is 6.07 Å². The van der Waals surface area contributed by atoms with Crippen molar-refractivity contribution < 1.29 is 13.9 Å². The summed E-state index contributed by atoms with van der Waals surface area (Å²) < 4.78 is 24.7. The molecule has 22 heavy (non-hydrogen) atoms. The van der Waals surface area contributed by atoms with Crippen LogP contribution in [-0.4, -0.2) is 64.1 Å². The summed E-state index contributed by atoms with van der Waals surface area (Å²) in [4.78, 5) is 4.68. The molecule has 0 unspecified atom stereocenters. The van der Waals surface area contributed by atoms with Gasteiger partial charge < -0.3 is 14.4 Å². The van der Waals surface area contributed by atoms with E-state index in [1.807, 2.05) is 6.07 Å². The van der Waals surface area contributed by atoms with E-state index in [4.69, 9.17) is 9.47 Å². The molecule has 0 amide bonds. The van der Waals surface area contributed by atoms with Crippen LogP contribution in [0.25, 0.3) is 0 Å². The second-order valence-electron chi connectivity index (χ2n) is 6.18. The van der Waals surface area contributed by atoms with E-state index in [9.17, 15) is 4.39 Å². The number of fused-ring (bicyclic) bond motifs is 1. The Hall–Kier alpha value is -1.17. The zero-order valence-electron chi connectivity index (χ0n) is 13.2. The molecule has 2 atom stereocenters. The Balaban J connectivity index is 1.61. The molecule has 0 aromatic heterocycles. The van der Waals surface area contributed by atoms with E-state index >= 15 is 0 Å². The number of anilines is 1. The fourth-order valence-electron chi connectivity index (χ4n) is 3.45. The van der Waals surface area contributed by atoms with Gasteiger partial charge in [0.1, 0.15) is 5.82 Å². The van der Waals surface area contributed by atoms with E-state index in [0.717, 1.165) is 58.0 Å². The molecule has 2 fully saturated rings. The number of methoxy groups -OCH3 is 1. The molecule has 0 radical (unpaired) electrons. The number of halogens is 1. The molecular weight excluding hydrogens is 283 g/mol. The molecule has 2 saturated heterocycles. The number of rotatable bonds is 4. The van der Waals surface area contributed by atoms with Gasteiger partial charge in [-0.15, -0.1) is 0 Å². The Morgan fingerprint density at radius 3 is 3.05 bits per heavy atom. The molecule has 3 rings (SSSR count). The van der Waals surface area contributed by atoms with Crippen molar-refractivity contribution in [3.63, 3.8) is 0 Å². The maximum atomic E-state index is 13.4. The van der Waals surface area contributed by atoms with Gasteiger partial charge in [0.15, 0.2) is 0 Å². The monoisotopic (exact) mass is 308 g/mol. The minimum absolute atomic E-state index is 0.174. The highest BCUT2D eigenvalue weighted by atomic mass is 19.1. The van der Waals surface area contributed by atoms with Gasteiger partial charge in [0, 0.05) is 51.4 Å². The molecule has 2 aliphatic rings. The number of hydrogen-bond acceptors (Lipinski definition) is 4. The minimum Gasteiger partial charge on any atom is -0.383 e. The van der Waals surface area contributed by atoms with Gasteiger partial charge in [-0.1, -0.05) is 6.07 Å². The van der Waals surface area contributed by atoms with E-state index in [0.29, 0.717) is 5.92 Å². The first kappa shape index (κ1) is 15.7. The van der Waals surface area contributed by atoms with Gasteiger partial charge in [0.25, 0.3) is 0 Å². The summed E-state index contributed by atoms with van der Waals surface area (Å²) in [7, 11) is 1.74. The molecule has 0 aliphatic carbocycles. The molecule has 1 aromatic rings. The van der Waals surface area contributed by atoms with Gasteiger partial charge in [0.2, 0.25) is 0 Å². The quantitative estimate of drug-likeness (QED) is 0.849. The highest BCUT2D eigenvalue weighted by Crippen LogP contribution is 2.27. The topological polar surface area (TPSA) is 24.9 Å². The Labute approximate surface area is 131 Å². The smallest absolute Gasteiger partial charge is 0.125 e. The summed E-state index contributed by atoms with van der Waals surface area (Å²) in [5.41, 5.74) is 0.961. The fraction of sp³-hybridized carbons (Fsp3) is 0.647. The Bertz CT molecular complexity index is 485. The van der Waals surface area contributed by atoms with Gasteiger partial charge in [-0.2, -0.15) is 0 Å². The van der Waals surface area contributed by atoms with Crippen LogP contribution in [0.2, 0.25) is 0 Å². The van der Waals surface area contributed by atoms with Crippen LogP contribution in [0.15, 0.2) is 24.3 Å². The van der Waals surface area contributed by atoms with Crippen molar-refractivity contribution in [1.29, 1.82) is 0 Å². The molecule has 122 valence electrons. The summed E-state index contributed by atoms with van der Waals surface area (Å²) in [5.74, 6) is 0.385. The van der Waals surface area contributed by atoms with Crippen LogP contribution < -0.4 is 4.90 Å². The molecule has 0 saturated carbocycles. The van der Waals surface area contributed by atoms with Crippen LogP contribution in [0, 0.1) is 11.7 Å². The van der Waals surface area contributed by atoms with Crippen LogP contribution in [0.3, 0.4) is 0 Å². The van der Waals surface area contributed by atoms with Crippen molar-refractivity contribution in [1.82, 2.24) is 4.90 Å². The largest absolute Gasteiger partial charge is 0.383 e. The molecule has 5 heteroatoms. The van der Waals surface area contributed by atoms with Crippen LogP contribution in [-0.2, 0) is 9.47 Å². The third-order valence-corrected chi connectivity index (χ3v) is 4.71. The van der Waals surface area contributed by atoms with Crippen molar-refractivity contribution in [2.24, 2.45) is 5.92 Å². The SMILES string of the molecule is COCCN1CCO[C@H]2CN(c3cccc(F)c3)CC[C@H]2C1. The fourth-order valence-corrected chi connectivity index (χ4v) is 3.45. The number of nitrogens with zero attached hydrogens (tertiary/aromatic N) is 2. The highest BCUT2D eigenvalue weighted by Gasteiger charge is 2.33. The van der Waals surface area contributed by atoms with Crippen LogP contribution in [0.1, 0.15) is 6.42 Å². The van der Waals surface area contributed by atoms with E-state index in [-0.39, 0.29) is 11.9 Å². The molecular formula is C17H25FN2O2. The van der Waals surface area contributed by atoms with Gasteiger partial charge in [-0.25, -0.2) is 4.39 Å². The summed E-state index contributed by atoms with van der Waals surface area (Å²) in [6, 6.07) is 6.86. The highest BCUT2D eigenvalue weighted by molar-refractivity contribution is 5.47. The average molecular weight is 308 g/mol. The lowest BCUT2D eigenvalue weighted by Gasteiger charge is -2.39. The second-order valence-corrected chi connectivity index (χ2v) is 6.18. The Morgan fingerprint density at radius 1 is 1.32 bits per heavy atom. The third-order valence-electron chi connectivity index (χ3n) is 4.71. The maximum Gasteiger partial charge on any atom is 0.125 e. The van der Waals surface area contributed by atoms with Crippen LogP contribution in [0.5, 0.6) is 0 Å². The van der Waals surface area contributed by atoms with Crippen molar-refractivity contribution in [2.75, 3.05) is 57.9 Å². The molecule has 0 bridgehead atoms. The van der Waals surface area contributed by atoms with Crippen molar-refractivity contribution in [3.8, 4) is 0 Å². The van der Waals surface area contributed by atoms with Gasteiger partial charge in [-0.05, 0) is 24.6 Å².